The lowest BCUT2D eigenvalue weighted by Gasteiger charge is -2.00. The molecule has 90 valence electrons. The maximum Gasteiger partial charge on any atom is 0.323 e. The maximum atomic E-state index is 10.8. The number of methoxy groups -OCH3 is 1. The molecule has 5 heteroatoms. The number of unbranched alkanes of at least 4 members (excludes halogenated alkanes) is 3. The lowest BCUT2D eigenvalue weighted by atomic mass is 10.1. The van der Waals surface area contributed by atoms with E-state index in [1.165, 1.54) is 7.11 Å². The van der Waals surface area contributed by atoms with Crippen LogP contribution in [0.2, 0.25) is 0 Å². The highest BCUT2D eigenvalue weighted by Gasteiger charge is 2.00. The van der Waals surface area contributed by atoms with E-state index < -0.39 is 0 Å². The second-order valence-corrected chi connectivity index (χ2v) is 3.76. The van der Waals surface area contributed by atoms with Crippen molar-refractivity contribution in [1.29, 1.82) is 0 Å². The SMILES string of the molecule is COC(=O)CCCCCCc1c[nH]c(=O)[nH]1. The van der Waals surface area contributed by atoms with Crippen LogP contribution >= 0.6 is 0 Å². The van der Waals surface area contributed by atoms with E-state index in [0.717, 1.165) is 37.8 Å². The van der Waals surface area contributed by atoms with Gasteiger partial charge in [-0.15, -0.1) is 0 Å². The lowest BCUT2D eigenvalue weighted by Crippen LogP contribution is -2.01. The molecule has 0 fully saturated rings. The normalized spacial score (nSPS) is 10.3. The van der Waals surface area contributed by atoms with Gasteiger partial charge in [0.2, 0.25) is 0 Å². The zero-order valence-corrected chi connectivity index (χ0v) is 9.54. The van der Waals surface area contributed by atoms with Gasteiger partial charge in [0.25, 0.3) is 0 Å². The van der Waals surface area contributed by atoms with E-state index in [4.69, 9.17) is 0 Å². The van der Waals surface area contributed by atoms with Crippen LogP contribution in [-0.2, 0) is 16.0 Å². The molecule has 0 atom stereocenters. The number of H-pyrrole nitrogens is 2. The first kappa shape index (κ1) is 12.5. The molecule has 0 bridgehead atoms. The molecule has 0 spiro atoms. The van der Waals surface area contributed by atoms with Crippen molar-refractivity contribution in [3.05, 3.63) is 22.4 Å². The van der Waals surface area contributed by atoms with E-state index in [1.807, 2.05) is 0 Å². The molecule has 1 aromatic heterocycles. The van der Waals surface area contributed by atoms with Gasteiger partial charge in [0, 0.05) is 18.3 Å². The number of imidazole rings is 1. The molecule has 0 aliphatic heterocycles. The second kappa shape index (κ2) is 6.87. The van der Waals surface area contributed by atoms with Gasteiger partial charge in [-0.25, -0.2) is 4.79 Å². The monoisotopic (exact) mass is 226 g/mol. The third kappa shape index (κ3) is 4.82. The molecule has 0 saturated heterocycles. The molecule has 0 amide bonds. The summed E-state index contributed by atoms with van der Waals surface area (Å²) in [6.07, 6.45) is 7.05. The maximum absolute atomic E-state index is 10.8. The molecule has 0 unspecified atom stereocenters. The quantitative estimate of drug-likeness (QED) is 0.544. The third-order valence-electron chi connectivity index (χ3n) is 2.46. The first-order valence-corrected chi connectivity index (χ1v) is 5.56. The Morgan fingerprint density at radius 3 is 2.69 bits per heavy atom. The summed E-state index contributed by atoms with van der Waals surface area (Å²) in [5, 5.41) is 0. The summed E-state index contributed by atoms with van der Waals surface area (Å²) in [4.78, 5) is 26.9. The molecule has 2 N–H and O–H groups in total. The predicted molar refractivity (Wildman–Crippen MR) is 60.2 cm³/mol. The average molecular weight is 226 g/mol. The van der Waals surface area contributed by atoms with Gasteiger partial charge in [-0.05, 0) is 19.3 Å². The number of nitrogens with one attached hydrogen (secondary N) is 2. The highest BCUT2D eigenvalue weighted by molar-refractivity contribution is 5.68. The van der Waals surface area contributed by atoms with Crippen molar-refractivity contribution >= 4 is 5.97 Å². The highest BCUT2D eigenvalue weighted by atomic mass is 16.5. The Balaban J connectivity index is 2.00. The standard InChI is InChI=1S/C11H18N2O3/c1-16-10(14)7-5-3-2-4-6-9-8-12-11(15)13-9/h8H,2-7H2,1H3,(H2,12,13,15). The third-order valence-corrected chi connectivity index (χ3v) is 2.46. The topological polar surface area (TPSA) is 75.0 Å². The van der Waals surface area contributed by atoms with Gasteiger partial charge in [0.1, 0.15) is 0 Å². The average Bonchev–Trinajstić information content (AvgIpc) is 2.69. The van der Waals surface area contributed by atoms with E-state index in [9.17, 15) is 9.59 Å². The van der Waals surface area contributed by atoms with Gasteiger partial charge in [0.05, 0.1) is 7.11 Å². The van der Waals surface area contributed by atoms with E-state index in [1.54, 1.807) is 6.20 Å². The van der Waals surface area contributed by atoms with Crippen LogP contribution in [-0.4, -0.2) is 23.0 Å². The molecular weight excluding hydrogens is 208 g/mol. The molecule has 0 saturated carbocycles. The summed E-state index contributed by atoms with van der Waals surface area (Å²) in [7, 11) is 1.41. The van der Waals surface area contributed by atoms with Crippen LogP contribution in [0.1, 0.15) is 37.8 Å². The predicted octanol–water partition coefficient (Wildman–Crippen LogP) is 1.37. The van der Waals surface area contributed by atoms with Gasteiger partial charge < -0.3 is 14.7 Å². The molecule has 1 heterocycles. The summed E-state index contributed by atoms with van der Waals surface area (Å²) < 4.78 is 4.55. The first-order valence-electron chi connectivity index (χ1n) is 5.56. The van der Waals surface area contributed by atoms with Gasteiger partial charge in [-0.2, -0.15) is 0 Å². The van der Waals surface area contributed by atoms with E-state index in [-0.39, 0.29) is 11.7 Å². The van der Waals surface area contributed by atoms with Crippen molar-refractivity contribution in [3.8, 4) is 0 Å². The number of aryl methyl sites for hydroxylation is 1. The molecule has 0 aromatic carbocycles. The minimum Gasteiger partial charge on any atom is -0.469 e. The minimum absolute atomic E-state index is 0.144. The number of hydrogen-bond acceptors (Lipinski definition) is 3. The Morgan fingerprint density at radius 1 is 1.31 bits per heavy atom. The summed E-state index contributed by atoms with van der Waals surface area (Å²) in [5.41, 5.74) is 0.790. The van der Waals surface area contributed by atoms with Crippen LogP contribution in [0.5, 0.6) is 0 Å². The van der Waals surface area contributed by atoms with Gasteiger partial charge >= 0.3 is 11.7 Å². The Labute approximate surface area is 94.2 Å². The van der Waals surface area contributed by atoms with Crippen LogP contribution in [0.25, 0.3) is 0 Å². The number of carbonyl (C=O) groups is 1. The molecular formula is C11H18N2O3. The van der Waals surface area contributed by atoms with Crippen molar-refractivity contribution in [2.75, 3.05) is 7.11 Å². The fourth-order valence-electron chi connectivity index (χ4n) is 1.55. The lowest BCUT2D eigenvalue weighted by molar-refractivity contribution is -0.140. The highest BCUT2D eigenvalue weighted by Crippen LogP contribution is 2.06. The van der Waals surface area contributed by atoms with Crippen LogP contribution in [0.4, 0.5) is 0 Å². The van der Waals surface area contributed by atoms with Crippen LogP contribution < -0.4 is 5.69 Å². The summed E-state index contributed by atoms with van der Waals surface area (Å²) in [6.45, 7) is 0. The molecule has 16 heavy (non-hydrogen) atoms. The first-order chi connectivity index (χ1) is 7.72. The smallest absolute Gasteiger partial charge is 0.323 e. The van der Waals surface area contributed by atoms with Gasteiger partial charge in [-0.3, -0.25) is 4.79 Å². The summed E-state index contributed by atoms with van der Waals surface area (Å²) >= 11 is 0. The van der Waals surface area contributed by atoms with Gasteiger partial charge in [0.15, 0.2) is 0 Å². The molecule has 0 aliphatic rings. The van der Waals surface area contributed by atoms with Crippen molar-refractivity contribution in [2.24, 2.45) is 0 Å². The Hall–Kier alpha value is -1.52. The van der Waals surface area contributed by atoms with Crippen molar-refractivity contribution in [3.63, 3.8) is 0 Å². The number of ether oxygens (including phenoxy) is 1. The molecule has 0 aliphatic carbocycles. The zero-order valence-electron chi connectivity index (χ0n) is 9.54. The van der Waals surface area contributed by atoms with Crippen LogP contribution in [0.3, 0.4) is 0 Å². The number of hydrogen-bond donors (Lipinski definition) is 2. The number of aromatic amines is 2. The van der Waals surface area contributed by atoms with E-state index in [0.29, 0.717) is 6.42 Å². The fourth-order valence-corrected chi connectivity index (χ4v) is 1.55. The number of carbonyl (C=O) groups excluding carboxylic acids is 1. The Bertz CT molecular complexity index is 367. The van der Waals surface area contributed by atoms with Crippen molar-refractivity contribution in [2.45, 2.75) is 38.5 Å². The zero-order chi connectivity index (χ0) is 11.8. The fraction of sp³-hybridized carbons (Fsp3) is 0.636. The summed E-state index contributed by atoms with van der Waals surface area (Å²) in [6, 6.07) is 0. The molecule has 1 aromatic rings. The molecule has 1 rings (SSSR count). The largest absolute Gasteiger partial charge is 0.469 e. The number of rotatable bonds is 7. The van der Waals surface area contributed by atoms with Crippen molar-refractivity contribution in [1.82, 2.24) is 9.97 Å². The second-order valence-electron chi connectivity index (χ2n) is 3.76. The van der Waals surface area contributed by atoms with Crippen LogP contribution in [0, 0.1) is 0 Å². The van der Waals surface area contributed by atoms with Crippen molar-refractivity contribution < 1.29 is 9.53 Å². The van der Waals surface area contributed by atoms with E-state index in [2.05, 4.69) is 14.7 Å². The van der Waals surface area contributed by atoms with Gasteiger partial charge in [-0.1, -0.05) is 12.8 Å². The number of esters is 1. The Morgan fingerprint density at radius 2 is 2.06 bits per heavy atom. The minimum atomic E-state index is -0.152. The van der Waals surface area contributed by atoms with E-state index >= 15 is 0 Å². The molecule has 5 nitrogen and oxygen atoms in total. The Kier molecular flexibility index (Phi) is 5.39. The summed E-state index contributed by atoms with van der Waals surface area (Å²) in [5.74, 6) is -0.144. The number of aromatic nitrogens is 2. The molecule has 0 radical (unpaired) electrons. The van der Waals surface area contributed by atoms with Crippen LogP contribution in [0.15, 0.2) is 11.0 Å².